The number of nitrogens with zero attached hydrogens (tertiary/aromatic N) is 1. The van der Waals surface area contributed by atoms with Crippen LogP contribution in [0, 0.1) is 16.7 Å². The summed E-state index contributed by atoms with van der Waals surface area (Å²) in [6.07, 6.45) is 5.44. The molecule has 21 heavy (non-hydrogen) atoms. The second-order valence-electron chi connectivity index (χ2n) is 5.52. The average Bonchev–Trinajstić information content (AvgIpc) is 2.76. The molecule has 4 nitrogen and oxygen atoms in total. The number of nitrogens with one attached hydrogen (secondary N) is 1. The van der Waals surface area contributed by atoms with Gasteiger partial charge in [0.05, 0.1) is 12.7 Å². The normalized spacial score (nSPS) is 17.3. The number of hydrogen-bond acceptors (Lipinski definition) is 3. The van der Waals surface area contributed by atoms with E-state index < -0.39 is 5.41 Å². The summed E-state index contributed by atoms with van der Waals surface area (Å²) in [4.78, 5) is 12.5. The molecule has 1 fully saturated rings. The molecular formula is C17H22N2O2. The summed E-state index contributed by atoms with van der Waals surface area (Å²) in [6, 6.07) is 9.54. The van der Waals surface area contributed by atoms with Crippen molar-refractivity contribution in [1.29, 1.82) is 5.26 Å². The summed E-state index contributed by atoms with van der Waals surface area (Å²) in [5.41, 5.74) is -0.155. The van der Waals surface area contributed by atoms with Crippen molar-refractivity contribution in [2.24, 2.45) is 5.41 Å². The number of carbonyl (C=O) groups excluding carboxylic acids is 1. The van der Waals surface area contributed by atoms with Crippen molar-refractivity contribution < 1.29 is 9.53 Å². The summed E-state index contributed by atoms with van der Waals surface area (Å²) in [6.45, 7) is 2.54. The second kappa shape index (κ2) is 7.12. The van der Waals surface area contributed by atoms with Crippen molar-refractivity contribution in [2.45, 2.75) is 45.4 Å². The van der Waals surface area contributed by atoms with Gasteiger partial charge in [-0.1, -0.05) is 25.7 Å². The van der Waals surface area contributed by atoms with Crippen molar-refractivity contribution in [3.05, 3.63) is 24.3 Å². The van der Waals surface area contributed by atoms with Gasteiger partial charge in [0.15, 0.2) is 0 Å². The zero-order valence-corrected chi connectivity index (χ0v) is 12.5. The van der Waals surface area contributed by atoms with E-state index in [9.17, 15) is 10.1 Å². The Hall–Kier alpha value is -2.02. The molecule has 0 saturated heterocycles. The minimum absolute atomic E-state index is 0.170. The van der Waals surface area contributed by atoms with Crippen molar-refractivity contribution in [3.8, 4) is 11.8 Å². The van der Waals surface area contributed by atoms with Crippen LogP contribution >= 0.6 is 0 Å². The third kappa shape index (κ3) is 3.75. The Balaban J connectivity index is 2.06. The SMILES string of the molecule is CCOc1ccc(NC(=O)C2(C#N)CCCCCC2)cc1. The Bertz CT molecular complexity index is 509. The van der Waals surface area contributed by atoms with Crippen LogP contribution in [0.3, 0.4) is 0 Å². The molecule has 1 amide bonds. The number of benzene rings is 1. The van der Waals surface area contributed by atoms with Gasteiger partial charge < -0.3 is 10.1 Å². The Kier molecular flexibility index (Phi) is 5.21. The average molecular weight is 286 g/mol. The van der Waals surface area contributed by atoms with Crippen molar-refractivity contribution in [1.82, 2.24) is 0 Å². The highest BCUT2D eigenvalue weighted by molar-refractivity contribution is 5.97. The van der Waals surface area contributed by atoms with E-state index in [4.69, 9.17) is 4.74 Å². The van der Waals surface area contributed by atoms with Crippen LogP contribution in [-0.4, -0.2) is 12.5 Å². The molecule has 112 valence electrons. The quantitative estimate of drug-likeness (QED) is 0.854. The monoisotopic (exact) mass is 286 g/mol. The molecule has 0 spiro atoms. The zero-order chi connectivity index (χ0) is 15.1. The van der Waals surface area contributed by atoms with Crippen LogP contribution in [0.4, 0.5) is 5.69 Å². The third-order valence-corrected chi connectivity index (χ3v) is 4.03. The van der Waals surface area contributed by atoms with Crippen molar-refractivity contribution in [2.75, 3.05) is 11.9 Å². The van der Waals surface area contributed by atoms with Crippen LogP contribution in [0.25, 0.3) is 0 Å². The molecule has 0 atom stereocenters. The first kappa shape index (κ1) is 15.4. The molecule has 1 aromatic carbocycles. The predicted molar refractivity (Wildman–Crippen MR) is 82.0 cm³/mol. The Morgan fingerprint density at radius 1 is 1.24 bits per heavy atom. The van der Waals surface area contributed by atoms with Gasteiger partial charge in [-0.3, -0.25) is 4.79 Å². The van der Waals surface area contributed by atoms with Crippen LogP contribution in [0.1, 0.15) is 45.4 Å². The predicted octanol–water partition coefficient (Wildman–Crippen LogP) is 3.89. The Morgan fingerprint density at radius 3 is 2.38 bits per heavy atom. The largest absolute Gasteiger partial charge is 0.494 e. The number of anilines is 1. The molecule has 1 aliphatic rings. The second-order valence-corrected chi connectivity index (χ2v) is 5.52. The zero-order valence-electron chi connectivity index (χ0n) is 12.5. The maximum Gasteiger partial charge on any atom is 0.244 e. The minimum atomic E-state index is -0.866. The Labute approximate surface area is 126 Å². The van der Waals surface area contributed by atoms with Crippen molar-refractivity contribution >= 4 is 11.6 Å². The molecule has 2 rings (SSSR count). The van der Waals surface area contributed by atoms with Crippen LogP contribution in [0.2, 0.25) is 0 Å². The van der Waals surface area contributed by atoms with Crippen LogP contribution in [0.15, 0.2) is 24.3 Å². The lowest BCUT2D eigenvalue weighted by Crippen LogP contribution is -2.34. The highest BCUT2D eigenvalue weighted by Gasteiger charge is 2.38. The summed E-state index contributed by atoms with van der Waals surface area (Å²) in [5, 5.41) is 12.4. The van der Waals surface area contributed by atoms with Gasteiger partial charge in [-0.25, -0.2) is 0 Å². The summed E-state index contributed by atoms with van der Waals surface area (Å²) in [7, 11) is 0. The van der Waals surface area contributed by atoms with Gasteiger partial charge in [0.25, 0.3) is 0 Å². The number of carbonyl (C=O) groups is 1. The summed E-state index contributed by atoms with van der Waals surface area (Å²) in [5.74, 6) is 0.607. The Morgan fingerprint density at radius 2 is 1.86 bits per heavy atom. The molecule has 0 aliphatic heterocycles. The standard InChI is InChI=1S/C17H22N2O2/c1-2-21-15-9-7-14(8-10-15)19-16(20)17(13-18)11-5-3-4-6-12-17/h7-10H,2-6,11-12H2,1H3,(H,19,20). The molecule has 4 heteroatoms. The maximum absolute atomic E-state index is 12.5. The van der Waals surface area contributed by atoms with E-state index in [2.05, 4.69) is 11.4 Å². The first-order valence-corrected chi connectivity index (χ1v) is 7.66. The number of rotatable bonds is 4. The van der Waals surface area contributed by atoms with E-state index in [1.807, 2.05) is 31.2 Å². The fourth-order valence-electron chi connectivity index (χ4n) is 2.77. The van der Waals surface area contributed by atoms with E-state index in [0.717, 1.165) is 31.4 Å². The van der Waals surface area contributed by atoms with Gasteiger partial charge in [0.2, 0.25) is 5.91 Å². The molecule has 0 bridgehead atoms. The molecule has 1 saturated carbocycles. The lowest BCUT2D eigenvalue weighted by atomic mass is 9.81. The van der Waals surface area contributed by atoms with E-state index in [0.29, 0.717) is 25.1 Å². The van der Waals surface area contributed by atoms with Gasteiger partial charge in [0, 0.05) is 5.69 Å². The number of amides is 1. The number of nitriles is 1. The fourth-order valence-corrected chi connectivity index (χ4v) is 2.77. The third-order valence-electron chi connectivity index (χ3n) is 4.03. The van der Waals surface area contributed by atoms with Crippen LogP contribution in [-0.2, 0) is 4.79 Å². The topological polar surface area (TPSA) is 62.1 Å². The number of ether oxygens (including phenoxy) is 1. The first-order chi connectivity index (χ1) is 10.2. The maximum atomic E-state index is 12.5. The molecular weight excluding hydrogens is 264 g/mol. The van der Waals surface area contributed by atoms with E-state index in [-0.39, 0.29) is 5.91 Å². The minimum Gasteiger partial charge on any atom is -0.494 e. The van der Waals surface area contributed by atoms with E-state index in [1.165, 1.54) is 0 Å². The lowest BCUT2D eigenvalue weighted by molar-refractivity contribution is -0.123. The van der Waals surface area contributed by atoms with Gasteiger partial charge in [-0.05, 0) is 44.0 Å². The summed E-state index contributed by atoms with van der Waals surface area (Å²) >= 11 is 0. The molecule has 1 aromatic rings. The molecule has 1 N–H and O–H groups in total. The molecule has 0 radical (unpaired) electrons. The summed E-state index contributed by atoms with van der Waals surface area (Å²) < 4.78 is 5.37. The lowest BCUT2D eigenvalue weighted by Gasteiger charge is -2.23. The van der Waals surface area contributed by atoms with E-state index in [1.54, 1.807) is 0 Å². The van der Waals surface area contributed by atoms with Gasteiger partial charge in [-0.15, -0.1) is 0 Å². The molecule has 0 unspecified atom stereocenters. The molecule has 0 aromatic heterocycles. The highest BCUT2D eigenvalue weighted by atomic mass is 16.5. The van der Waals surface area contributed by atoms with Gasteiger partial charge in [-0.2, -0.15) is 5.26 Å². The molecule has 0 heterocycles. The van der Waals surface area contributed by atoms with Crippen molar-refractivity contribution in [3.63, 3.8) is 0 Å². The highest BCUT2D eigenvalue weighted by Crippen LogP contribution is 2.35. The van der Waals surface area contributed by atoms with Crippen LogP contribution < -0.4 is 10.1 Å². The smallest absolute Gasteiger partial charge is 0.244 e. The van der Waals surface area contributed by atoms with E-state index >= 15 is 0 Å². The fraction of sp³-hybridized carbons (Fsp3) is 0.529. The first-order valence-electron chi connectivity index (χ1n) is 7.66. The number of hydrogen-bond donors (Lipinski definition) is 1. The van der Waals surface area contributed by atoms with Crippen LogP contribution in [0.5, 0.6) is 5.75 Å². The molecule has 1 aliphatic carbocycles. The van der Waals surface area contributed by atoms with Gasteiger partial charge in [0.1, 0.15) is 11.2 Å². The van der Waals surface area contributed by atoms with Gasteiger partial charge >= 0.3 is 0 Å².